The molecule has 0 saturated carbocycles. The summed E-state index contributed by atoms with van der Waals surface area (Å²) in [7, 11) is 0. The lowest BCUT2D eigenvalue weighted by atomic mass is 10.1. The fourth-order valence-electron chi connectivity index (χ4n) is 2.06. The summed E-state index contributed by atoms with van der Waals surface area (Å²) in [4.78, 5) is 17.2. The zero-order chi connectivity index (χ0) is 16.2. The van der Waals surface area contributed by atoms with Gasteiger partial charge in [-0.2, -0.15) is 10.4 Å². The van der Waals surface area contributed by atoms with Crippen LogP contribution in [0.3, 0.4) is 0 Å². The van der Waals surface area contributed by atoms with E-state index in [1.54, 1.807) is 31.2 Å². The Morgan fingerprint density at radius 1 is 1.43 bits per heavy atom. The minimum absolute atomic E-state index is 0.179. The van der Waals surface area contributed by atoms with Crippen LogP contribution in [0, 0.1) is 11.3 Å². The van der Waals surface area contributed by atoms with Gasteiger partial charge < -0.3 is 0 Å². The van der Waals surface area contributed by atoms with E-state index in [0.717, 1.165) is 10.5 Å². The second kappa shape index (κ2) is 6.42. The van der Waals surface area contributed by atoms with Gasteiger partial charge in [-0.3, -0.25) is 9.20 Å². The van der Waals surface area contributed by atoms with Crippen molar-refractivity contribution in [2.75, 3.05) is 0 Å². The first kappa shape index (κ1) is 14.9. The molecule has 0 bridgehead atoms. The highest BCUT2D eigenvalue weighted by Crippen LogP contribution is 2.11. The van der Waals surface area contributed by atoms with Crippen LogP contribution in [0.25, 0.3) is 4.96 Å². The quantitative estimate of drug-likeness (QED) is 0.591. The number of carbonyl (C=O) groups is 1. The highest BCUT2D eigenvalue weighted by molar-refractivity contribution is 7.15. The first-order chi connectivity index (χ1) is 11.2. The monoisotopic (exact) mass is 323 g/mol. The molecule has 0 fully saturated rings. The third-order valence-electron chi connectivity index (χ3n) is 3.26. The van der Waals surface area contributed by atoms with Gasteiger partial charge in [-0.25, -0.2) is 10.4 Å². The van der Waals surface area contributed by atoms with Crippen LogP contribution in [-0.4, -0.2) is 21.0 Å². The molecule has 3 rings (SSSR count). The van der Waals surface area contributed by atoms with E-state index in [1.807, 2.05) is 22.2 Å². The zero-order valence-corrected chi connectivity index (χ0v) is 13.2. The van der Waals surface area contributed by atoms with Gasteiger partial charge in [0, 0.05) is 17.8 Å². The fraction of sp³-hybridized carbons (Fsp3) is 0.125. The van der Waals surface area contributed by atoms with Crippen LogP contribution >= 0.6 is 11.3 Å². The molecule has 6 nitrogen and oxygen atoms in total. The van der Waals surface area contributed by atoms with Crippen molar-refractivity contribution in [1.82, 2.24) is 14.8 Å². The normalized spacial score (nSPS) is 11.4. The van der Waals surface area contributed by atoms with Crippen LogP contribution in [0.15, 0.2) is 47.1 Å². The van der Waals surface area contributed by atoms with E-state index in [-0.39, 0.29) is 12.3 Å². The predicted molar refractivity (Wildman–Crippen MR) is 88.3 cm³/mol. The summed E-state index contributed by atoms with van der Waals surface area (Å²) in [5.74, 6) is -0.219. The molecule has 0 saturated heterocycles. The van der Waals surface area contributed by atoms with E-state index >= 15 is 0 Å². The van der Waals surface area contributed by atoms with E-state index in [0.29, 0.717) is 17.0 Å². The SMILES string of the molecule is C/C(=N\NC(=O)Cc1cn2ccsc2n1)c1ccc(C#N)cc1. The number of nitrogens with zero attached hydrogens (tertiary/aromatic N) is 4. The van der Waals surface area contributed by atoms with Crippen LogP contribution in [0.1, 0.15) is 23.7 Å². The van der Waals surface area contributed by atoms with Crippen molar-refractivity contribution < 1.29 is 4.79 Å². The van der Waals surface area contributed by atoms with E-state index in [4.69, 9.17) is 5.26 Å². The second-order valence-electron chi connectivity index (χ2n) is 4.92. The number of aromatic nitrogens is 2. The first-order valence-electron chi connectivity index (χ1n) is 6.90. The maximum Gasteiger partial charge on any atom is 0.246 e. The van der Waals surface area contributed by atoms with Gasteiger partial charge in [0.05, 0.1) is 29.5 Å². The summed E-state index contributed by atoms with van der Waals surface area (Å²) in [5, 5.41) is 14.8. The molecule has 0 spiro atoms. The van der Waals surface area contributed by atoms with Crippen LogP contribution in [0.4, 0.5) is 0 Å². The van der Waals surface area contributed by atoms with Crippen molar-refractivity contribution in [3.05, 3.63) is 58.9 Å². The Kier molecular flexibility index (Phi) is 4.17. The van der Waals surface area contributed by atoms with Gasteiger partial charge in [-0.1, -0.05) is 12.1 Å². The van der Waals surface area contributed by atoms with Crippen molar-refractivity contribution in [2.24, 2.45) is 5.10 Å². The molecule has 2 aromatic heterocycles. The molecule has 0 unspecified atom stereocenters. The lowest BCUT2D eigenvalue weighted by Crippen LogP contribution is -2.21. The molecule has 0 aliphatic heterocycles. The van der Waals surface area contributed by atoms with Crippen molar-refractivity contribution in [1.29, 1.82) is 5.26 Å². The number of rotatable bonds is 4. The molecule has 0 atom stereocenters. The molecule has 2 heterocycles. The fourth-order valence-corrected chi connectivity index (χ4v) is 2.78. The Balaban J connectivity index is 1.62. The Morgan fingerprint density at radius 2 is 2.22 bits per heavy atom. The third-order valence-corrected chi connectivity index (χ3v) is 4.04. The van der Waals surface area contributed by atoms with Crippen LogP contribution in [-0.2, 0) is 11.2 Å². The topological polar surface area (TPSA) is 82.6 Å². The maximum absolute atomic E-state index is 11.9. The number of imidazole rings is 1. The van der Waals surface area contributed by atoms with Crippen LogP contribution < -0.4 is 5.43 Å². The highest BCUT2D eigenvalue weighted by atomic mass is 32.1. The Morgan fingerprint density at radius 3 is 2.91 bits per heavy atom. The number of nitriles is 1. The number of thiazole rings is 1. The maximum atomic E-state index is 11.9. The van der Waals surface area contributed by atoms with E-state index in [2.05, 4.69) is 21.6 Å². The average molecular weight is 323 g/mol. The summed E-state index contributed by atoms with van der Waals surface area (Å²) < 4.78 is 1.89. The summed E-state index contributed by atoms with van der Waals surface area (Å²) in [6, 6.07) is 9.09. The van der Waals surface area contributed by atoms with Gasteiger partial charge >= 0.3 is 0 Å². The largest absolute Gasteiger partial charge is 0.297 e. The van der Waals surface area contributed by atoms with Gasteiger partial charge in [0.25, 0.3) is 0 Å². The summed E-state index contributed by atoms with van der Waals surface area (Å²) in [6.45, 7) is 1.80. The summed E-state index contributed by atoms with van der Waals surface area (Å²) >= 11 is 1.52. The lowest BCUT2D eigenvalue weighted by molar-refractivity contribution is -0.120. The molecule has 1 amide bonds. The Bertz CT molecular complexity index is 885. The van der Waals surface area contributed by atoms with E-state index < -0.39 is 0 Å². The van der Waals surface area contributed by atoms with Gasteiger partial charge in [0.2, 0.25) is 5.91 Å². The molecule has 3 aromatic rings. The zero-order valence-electron chi connectivity index (χ0n) is 12.4. The molecular formula is C16H13N5OS. The van der Waals surface area contributed by atoms with Crippen LogP contribution in [0.2, 0.25) is 0 Å². The smallest absolute Gasteiger partial charge is 0.246 e. The molecule has 23 heavy (non-hydrogen) atoms. The number of hydrogen-bond acceptors (Lipinski definition) is 5. The van der Waals surface area contributed by atoms with E-state index in [1.165, 1.54) is 11.3 Å². The number of nitrogens with one attached hydrogen (secondary N) is 1. The van der Waals surface area contributed by atoms with Gasteiger partial charge in [0.1, 0.15) is 0 Å². The first-order valence-corrected chi connectivity index (χ1v) is 7.78. The van der Waals surface area contributed by atoms with Gasteiger partial charge in [0.15, 0.2) is 4.96 Å². The molecule has 0 aliphatic rings. The van der Waals surface area contributed by atoms with Crippen LogP contribution in [0.5, 0.6) is 0 Å². The number of benzene rings is 1. The number of fused-ring (bicyclic) bond motifs is 1. The standard InChI is InChI=1S/C16H13N5OS/c1-11(13-4-2-12(9-17)3-5-13)19-20-15(22)8-14-10-21-6-7-23-16(21)18-14/h2-7,10H,8H2,1H3,(H,20,22)/b19-11+. The minimum Gasteiger partial charge on any atom is -0.297 e. The molecule has 7 heteroatoms. The molecule has 114 valence electrons. The highest BCUT2D eigenvalue weighted by Gasteiger charge is 2.08. The lowest BCUT2D eigenvalue weighted by Gasteiger charge is -2.02. The van der Waals surface area contributed by atoms with Gasteiger partial charge in [-0.05, 0) is 24.6 Å². The number of hydrogen-bond donors (Lipinski definition) is 1. The number of amides is 1. The molecular weight excluding hydrogens is 310 g/mol. The molecule has 1 aromatic carbocycles. The number of hydrazone groups is 1. The summed E-state index contributed by atoms with van der Waals surface area (Å²) in [6.07, 6.45) is 3.92. The minimum atomic E-state index is -0.219. The molecule has 0 aliphatic carbocycles. The number of carbonyl (C=O) groups excluding carboxylic acids is 1. The molecule has 1 N–H and O–H groups in total. The Hall–Kier alpha value is -2.98. The summed E-state index contributed by atoms with van der Waals surface area (Å²) in [5.41, 5.74) is 5.36. The van der Waals surface area contributed by atoms with Gasteiger partial charge in [-0.15, -0.1) is 11.3 Å². The van der Waals surface area contributed by atoms with Crippen molar-refractivity contribution in [3.63, 3.8) is 0 Å². The van der Waals surface area contributed by atoms with E-state index in [9.17, 15) is 4.79 Å². The second-order valence-corrected chi connectivity index (χ2v) is 5.80. The van der Waals surface area contributed by atoms with Crippen molar-refractivity contribution in [3.8, 4) is 6.07 Å². The van der Waals surface area contributed by atoms with Crippen molar-refractivity contribution in [2.45, 2.75) is 13.3 Å². The Labute approximate surface area is 136 Å². The predicted octanol–water partition coefficient (Wildman–Crippen LogP) is 2.35. The average Bonchev–Trinajstić information content (AvgIpc) is 3.14. The molecule has 0 radical (unpaired) electrons. The third kappa shape index (κ3) is 3.44. The van der Waals surface area contributed by atoms with Crippen molar-refractivity contribution >= 4 is 27.9 Å².